The number of thioether (sulfide) groups is 1. The highest BCUT2D eigenvalue weighted by atomic mass is 32.2. The average molecular weight is 486 g/mol. The van der Waals surface area contributed by atoms with E-state index in [1.54, 1.807) is 34.5 Å². The minimum absolute atomic E-state index is 0.0770. The maximum Gasteiger partial charge on any atom is 0.262 e. The summed E-state index contributed by atoms with van der Waals surface area (Å²) in [5, 5.41) is 4.13. The second-order valence-corrected chi connectivity index (χ2v) is 10.1. The van der Waals surface area contributed by atoms with Crippen LogP contribution in [0.2, 0.25) is 0 Å². The summed E-state index contributed by atoms with van der Waals surface area (Å²) < 4.78 is 1.77. The van der Waals surface area contributed by atoms with Gasteiger partial charge < -0.3 is 5.32 Å². The number of nitrogens with one attached hydrogen (secondary N) is 1. The molecule has 0 atom stereocenters. The molecule has 0 saturated heterocycles. The van der Waals surface area contributed by atoms with Crippen LogP contribution in [0.4, 0.5) is 0 Å². The lowest BCUT2D eigenvalue weighted by Gasteiger charge is -2.14. The summed E-state index contributed by atoms with van der Waals surface area (Å²) in [6.07, 6.45) is 0.738. The maximum absolute atomic E-state index is 13.5. The molecule has 0 aliphatic carbocycles. The Morgan fingerprint density at radius 3 is 2.51 bits per heavy atom. The third kappa shape index (κ3) is 6.40. The molecule has 1 N–H and O–H groups in total. The predicted molar refractivity (Wildman–Crippen MR) is 144 cm³/mol. The van der Waals surface area contributed by atoms with Gasteiger partial charge in [0.25, 0.3) is 11.5 Å². The normalized spacial score (nSPS) is 11.2. The van der Waals surface area contributed by atoms with Crippen molar-refractivity contribution in [2.45, 2.75) is 44.6 Å². The van der Waals surface area contributed by atoms with Crippen molar-refractivity contribution in [2.24, 2.45) is 5.92 Å². The lowest BCUT2D eigenvalue weighted by Crippen LogP contribution is -2.28. The van der Waals surface area contributed by atoms with Crippen molar-refractivity contribution in [3.05, 3.63) is 105 Å². The Labute approximate surface area is 210 Å². The topological polar surface area (TPSA) is 64.0 Å². The van der Waals surface area contributed by atoms with Gasteiger partial charge in [0.1, 0.15) is 0 Å². The fourth-order valence-electron chi connectivity index (χ4n) is 3.88. The molecule has 5 nitrogen and oxygen atoms in total. The van der Waals surface area contributed by atoms with Gasteiger partial charge >= 0.3 is 0 Å². The standard InChI is InChI=1S/C29H31N3O2S/c1-20(2)18-30-27(33)24-12-13-25-26(17-24)31-29(35-19-23-11-7-8-21(3)16-23)32(28(25)34)15-14-22-9-5-4-6-10-22/h4-13,16-17,20H,14-15,18-19H2,1-3H3,(H,30,33). The first-order valence-electron chi connectivity index (χ1n) is 12.0. The van der Waals surface area contributed by atoms with Crippen molar-refractivity contribution in [2.75, 3.05) is 6.54 Å². The molecule has 0 aliphatic rings. The molecule has 1 amide bonds. The minimum atomic E-state index is -0.149. The molecule has 0 bridgehead atoms. The second-order valence-electron chi connectivity index (χ2n) is 9.20. The van der Waals surface area contributed by atoms with Gasteiger partial charge in [-0.2, -0.15) is 0 Å². The van der Waals surface area contributed by atoms with Crippen molar-refractivity contribution in [3.8, 4) is 0 Å². The van der Waals surface area contributed by atoms with E-state index < -0.39 is 0 Å². The van der Waals surface area contributed by atoms with E-state index in [0.29, 0.717) is 46.4 Å². The van der Waals surface area contributed by atoms with Crippen LogP contribution in [0, 0.1) is 12.8 Å². The Hall–Kier alpha value is -3.38. The highest BCUT2D eigenvalue weighted by Crippen LogP contribution is 2.23. The molecule has 1 aromatic heterocycles. The third-order valence-electron chi connectivity index (χ3n) is 5.77. The van der Waals surface area contributed by atoms with E-state index >= 15 is 0 Å². The molecule has 4 rings (SSSR count). The van der Waals surface area contributed by atoms with Crippen LogP contribution in [0.5, 0.6) is 0 Å². The van der Waals surface area contributed by atoms with Crippen molar-refractivity contribution < 1.29 is 4.79 Å². The number of nitrogens with zero attached hydrogens (tertiary/aromatic N) is 2. The fourth-order valence-corrected chi connectivity index (χ4v) is 4.85. The Morgan fingerprint density at radius 1 is 1.00 bits per heavy atom. The second kappa shape index (κ2) is 11.4. The van der Waals surface area contributed by atoms with E-state index in [1.165, 1.54) is 16.7 Å². The van der Waals surface area contributed by atoms with E-state index in [9.17, 15) is 9.59 Å². The predicted octanol–water partition coefficient (Wildman–Crippen LogP) is 5.63. The Morgan fingerprint density at radius 2 is 1.77 bits per heavy atom. The van der Waals surface area contributed by atoms with Crippen LogP contribution >= 0.6 is 11.8 Å². The van der Waals surface area contributed by atoms with E-state index in [4.69, 9.17) is 4.98 Å². The van der Waals surface area contributed by atoms with Crippen molar-refractivity contribution in [1.29, 1.82) is 0 Å². The molecule has 3 aromatic carbocycles. The fraction of sp³-hybridized carbons (Fsp3) is 0.276. The minimum Gasteiger partial charge on any atom is -0.352 e. The van der Waals surface area contributed by atoms with Crippen molar-refractivity contribution >= 4 is 28.6 Å². The van der Waals surface area contributed by atoms with Crippen LogP contribution in [0.25, 0.3) is 10.9 Å². The maximum atomic E-state index is 13.5. The molecule has 0 fully saturated rings. The SMILES string of the molecule is Cc1cccc(CSc2nc3cc(C(=O)NCC(C)C)ccc3c(=O)n2CCc2ccccc2)c1. The van der Waals surface area contributed by atoms with E-state index in [0.717, 1.165) is 6.42 Å². The number of hydrogen-bond acceptors (Lipinski definition) is 4. The van der Waals surface area contributed by atoms with Gasteiger partial charge in [-0.3, -0.25) is 14.2 Å². The molecule has 180 valence electrons. The van der Waals surface area contributed by atoms with E-state index in [2.05, 4.69) is 56.4 Å². The quantitative estimate of drug-likeness (QED) is 0.247. The summed E-state index contributed by atoms with van der Waals surface area (Å²) in [7, 11) is 0. The van der Waals surface area contributed by atoms with Gasteiger partial charge in [-0.15, -0.1) is 0 Å². The third-order valence-corrected chi connectivity index (χ3v) is 6.82. The van der Waals surface area contributed by atoms with Gasteiger partial charge in [0.05, 0.1) is 10.9 Å². The Bertz CT molecular complexity index is 1380. The van der Waals surface area contributed by atoms with Crippen LogP contribution in [-0.4, -0.2) is 22.0 Å². The zero-order chi connectivity index (χ0) is 24.8. The largest absolute Gasteiger partial charge is 0.352 e. The number of benzene rings is 3. The van der Waals surface area contributed by atoms with Crippen LogP contribution in [-0.2, 0) is 18.7 Å². The van der Waals surface area contributed by atoms with E-state index in [-0.39, 0.29) is 11.5 Å². The van der Waals surface area contributed by atoms with Gasteiger partial charge in [-0.1, -0.05) is 85.8 Å². The number of carbonyl (C=O) groups is 1. The van der Waals surface area contributed by atoms with E-state index in [1.807, 2.05) is 24.3 Å². The van der Waals surface area contributed by atoms with Crippen molar-refractivity contribution in [3.63, 3.8) is 0 Å². The van der Waals surface area contributed by atoms with Crippen molar-refractivity contribution in [1.82, 2.24) is 14.9 Å². The highest BCUT2D eigenvalue weighted by Gasteiger charge is 2.15. The number of carbonyl (C=O) groups excluding carboxylic acids is 1. The lowest BCUT2D eigenvalue weighted by atomic mass is 10.1. The molecule has 1 heterocycles. The number of fused-ring (bicyclic) bond motifs is 1. The molecular formula is C29H31N3O2S. The number of hydrogen-bond donors (Lipinski definition) is 1. The summed E-state index contributed by atoms with van der Waals surface area (Å²) in [4.78, 5) is 31.0. The number of amides is 1. The number of aromatic nitrogens is 2. The molecule has 0 unspecified atom stereocenters. The Kier molecular flexibility index (Phi) is 8.03. The zero-order valence-electron chi connectivity index (χ0n) is 20.5. The summed E-state index contributed by atoms with van der Waals surface area (Å²) in [6, 6.07) is 23.7. The molecule has 0 saturated carbocycles. The van der Waals surface area contributed by atoms with Crippen LogP contribution in [0.1, 0.15) is 40.9 Å². The molecule has 35 heavy (non-hydrogen) atoms. The van der Waals surface area contributed by atoms with Gasteiger partial charge in [0.2, 0.25) is 0 Å². The first-order valence-corrected chi connectivity index (χ1v) is 12.9. The van der Waals surface area contributed by atoms with Gasteiger partial charge in [0, 0.05) is 24.4 Å². The molecule has 0 aliphatic heterocycles. The summed E-state index contributed by atoms with van der Waals surface area (Å²) >= 11 is 1.55. The molecule has 4 aromatic rings. The monoisotopic (exact) mass is 485 g/mol. The summed E-state index contributed by atoms with van der Waals surface area (Å²) in [5.74, 6) is 0.920. The smallest absolute Gasteiger partial charge is 0.262 e. The van der Waals surface area contributed by atoms with Crippen LogP contribution < -0.4 is 10.9 Å². The van der Waals surface area contributed by atoms with Crippen LogP contribution in [0.3, 0.4) is 0 Å². The average Bonchev–Trinajstić information content (AvgIpc) is 2.86. The first-order chi connectivity index (χ1) is 16.9. The Balaban J connectivity index is 1.68. The first kappa shape index (κ1) is 24.7. The molecule has 6 heteroatoms. The highest BCUT2D eigenvalue weighted by molar-refractivity contribution is 7.98. The molecule has 0 spiro atoms. The number of aryl methyl sites for hydroxylation is 2. The summed E-state index contributed by atoms with van der Waals surface area (Å²) in [5.41, 5.74) is 4.54. The van der Waals surface area contributed by atoms with Gasteiger partial charge in [-0.05, 0) is 48.6 Å². The summed E-state index contributed by atoms with van der Waals surface area (Å²) in [6.45, 7) is 7.32. The van der Waals surface area contributed by atoms with Gasteiger partial charge in [-0.25, -0.2) is 4.98 Å². The zero-order valence-corrected chi connectivity index (χ0v) is 21.3. The number of rotatable bonds is 9. The molecular weight excluding hydrogens is 454 g/mol. The van der Waals surface area contributed by atoms with Gasteiger partial charge in [0.15, 0.2) is 5.16 Å². The lowest BCUT2D eigenvalue weighted by molar-refractivity contribution is 0.0949. The molecule has 0 radical (unpaired) electrons. The van der Waals surface area contributed by atoms with Crippen LogP contribution in [0.15, 0.2) is 82.7 Å².